The Kier molecular flexibility index (Phi) is 4.74. The van der Waals surface area contributed by atoms with E-state index >= 15 is 0 Å². The van der Waals surface area contributed by atoms with E-state index in [1.165, 1.54) is 24.3 Å². The number of rotatable bonds is 5. The number of para-hydroxylation sites is 1. The summed E-state index contributed by atoms with van der Waals surface area (Å²) < 4.78 is 25.9. The predicted octanol–water partition coefficient (Wildman–Crippen LogP) is 3.65. The van der Waals surface area contributed by atoms with Crippen LogP contribution in [-0.2, 0) is 25.7 Å². The molecular formula is C26H24FNO5. The zero-order chi connectivity index (χ0) is 23.5. The van der Waals surface area contributed by atoms with Crippen molar-refractivity contribution in [2.75, 3.05) is 5.32 Å². The summed E-state index contributed by atoms with van der Waals surface area (Å²) in [6.45, 7) is 3.34. The average molecular weight is 449 g/mol. The molecule has 3 aromatic rings. The van der Waals surface area contributed by atoms with Crippen LogP contribution in [0, 0.1) is 11.7 Å². The number of halogens is 1. The summed E-state index contributed by atoms with van der Waals surface area (Å²) in [5.41, 5.74) is -2.67. The zero-order valence-corrected chi connectivity index (χ0v) is 18.2. The summed E-state index contributed by atoms with van der Waals surface area (Å²) in [4.78, 5) is 13.8. The van der Waals surface area contributed by atoms with E-state index < -0.39 is 40.4 Å². The molecule has 0 saturated carbocycles. The summed E-state index contributed by atoms with van der Waals surface area (Å²) in [5, 5.41) is 26.6. The van der Waals surface area contributed by atoms with Crippen molar-refractivity contribution in [3.05, 3.63) is 102 Å². The molecule has 0 aromatic heterocycles. The van der Waals surface area contributed by atoms with Crippen molar-refractivity contribution >= 4 is 11.6 Å². The second-order valence-electron chi connectivity index (χ2n) is 8.75. The topological polar surface area (TPSA) is 91.3 Å². The van der Waals surface area contributed by atoms with E-state index in [1.807, 2.05) is 6.07 Å². The molecule has 0 bridgehead atoms. The van der Waals surface area contributed by atoms with Crippen LogP contribution in [0.4, 0.5) is 10.1 Å². The van der Waals surface area contributed by atoms with E-state index in [1.54, 1.807) is 68.4 Å². The lowest BCUT2D eigenvalue weighted by molar-refractivity contribution is -0.366. The lowest BCUT2D eigenvalue weighted by Gasteiger charge is -2.37. The van der Waals surface area contributed by atoms with Gasteiger partial charge >= 0.3 is 0 Å². The Morgan fingerprint density at radius 3 is 2.00 bits per heavy atom. The molecular weight excluding hydrogens is 425 g/mol. The number of epoxide rings is 1. The number of hydrogen-bond donors (Lipinski definition) is 3. The Morgan fingerprint density at radius 1 is 0.848 bits per heavy atom. The first-order valence-electron chi connectivity index (χ1n) is 10.7. The summed E-state index contributed by atoms with van der Waals surface area (Å²) in [7, 11) is 0. The van der Waals surface area contributed by atoms with Crippen molar-refractivity contribution in [1.29, 1.82) is 0 Å². The fourth-order valence-corrected chi connectivity index (χ4v) is 4.91. The van der Waals surface area contributed by atoms with Gasteiger partial charge in [-0.25, -0.2) is 4.39 Å². The fourth-order valence-electron chi connectivity index (χ4n) is 4.91. The minimum absolute atomic E-state index is 0.152. The van der Waals surface area contributed by atoms with Gasteiger partial charge in [0, 0.05) is 17.2 Å². The van der Waals surface area contributed by atoms with Gasteiger partial charge in [-0.15, -0.1) is 0 Å². The second kappa shape index (κ2) is 7.20. The van der Waals surface area contributed by atoms with Crippen LogP contribution in [0.5, 0.6) is 0 Å². The maximum Gasteiger partial charge on any atom is 0.266 e. The minimum Gasteiger partial charge on any atom is -0.362 e. The van der Waals surface area contributed by atoms with Gasteiger partial charge in [-0.1, -0.05) is 74.5 Å². The van der Waals surface area contributed by atoms with Crippen LogP contribution in [0.25, 0.3) is 0 Å². The molecule has 0 aliphatic carbocycles. The van der Waals surface area contributed by atoms with Gasteiger partial charge in [0.15, 0.2) is 5.60 Å². The molecule has 0 spiro atoms. The number of anilines is 1. The Balaban J connectivity index is 1.73. The molecule has 2 saturated heterocycles. The van der Waals surface area contributed by atoms with Gasteiger partial charge in [0.25, 0.3) is 5.91 Å². The van der Waals surface area contributed by atoms with Crippen LogP contribution in [-0.4, -0.2) is 27.5 Å². The highest BCUT2D eigenvalue weighted by Gasteiger charge is 2.97. The lowest BCUT2D eigenvalue weighted by Crippen LogP contribution is -2.56. The highest BCUT2D eigenvalue weighted by Crippen LogP contribution is 2.76. The molecule has 6 nitrogen and oxygen atoms in total. The highest BCUT2D eigenvalue weighted by atomic mass is 19.1. The first-order chi connectivity index (χ1) is 15.7. The van der Waals surface area contributed by atoms with Crippen molar-refractivity contribution < 1.29 is 28.9 Å². The monoisotopic (exact) mass is 449 g/mol. The molecule has 2 fully saturated rings. The summed E-state index contributed by atoms with van der Waals surface area (Å²) >= 11 is 0. The first kappa shape index (κ1) is 21.7. The third kappa shape index (κ3) is 2.71. The van der Waals surface area contributed by atoms with Crippen molar-refractivity contribution in [3.63, 3.8) is 0 Å². The Labute approximate surface area is 190 Å². The molecule has 3 N–H and O–H groups in total. The first-order valence-corrected chi connectivity index (χ1v) is 10.7. The third-order valence-electron chi connectivity index (χ3n) is 6.60. The molecule has 4 atom stereocenters. The molecule has 2 heterocycles. The number of hydrogen-bond acceptors (Lipinski definition) is 5. The SMILES string of the molecule is CC(C)[C@@]1(O)O[C@](O)(c2ccc(F)cc2)[C@]2(c3ccccc3)O[C@]21C(=O)Nc1ccccc1. The van der Waals surface area contributed by atoms with Gasteiger partial charge in [0.2, 0.25) is 17.2 Å². The molecule has 170 valence electrons. The van der Waals surface area contributed by atoms with E-state index in [9.17, 15) is 19.4 Å². The van der Waals surface area contributed by atoms with Gasteiger partial charge in [0.05, 0.1) is 0 Å². The second-order valence-corrected chi connectivity index (χ2v) is 8.75. The molecule has 0 unspecified atom stereocenters. The molecule has 33 heavy (non-hydrogen) atoms. The molecule has 2 aliphatic heterocycles. The number of fused-ring (bicyclic) bond motifs is 1. The maximum absolute atomic E-state index is 13.8. The van der Waals surface area contributed by atoms with Crippen molar-refractivity contribution in [1.82, 2.24) is 0 Å². The van der Waals surface area contributed by atoms with E-state index in [0.717, 1.165) is 0 Å². The van der Waals surface area contributed by atoms with Crippen LogP contribution in [0.15, 0.2) is 84.9 Å². The van der Waals surface area contributed by atoms with Crippen molar-refractivity contribution in [2.45, 2.75) is 36.6 Å². The van der Waals surface area contributed by atoms with Gasteiger partial charge in [-0.05, 0) is 29.8 Å². The summed E-state index contributed by atoms with van der Waals surface area (Å²) in [6.07, 6.45) is 0. The van der Waals surface area contributed by atoms with E-state index in [4.69, 9.17) is 9.47 Å². The number of carbonyl (C=O) groups is 1. The maximum atomic E-state index is 13.8. The average Bonchev–Trinajstić information content (AvgIpc) is 3.50. The Hall–Kier alpha value is -3.10. The van der Waals surface area contributed by atoms with Gasteiger partial charge in [-0.2, -0.15) is 0 Å². The van der Waals surface area contributed by atoms with Crippen LogP contribution in [0.3, 0.4) is 0 Å². The largest absolute Gasteiger partial charge is 0.362 e. The van der Waals surface area contributed by atoms with Gasteiger partial charge in [0.1, 0.15) is 5.82 Å². The highest BCUT2D eigenvalue weighted by molar-refractivity contribution is 6.02. The Bertz CT molecular complexity index is 1190. The molecule has 5 rings (SSSR count). The normalized spacial score (nSPS) is 32.4. The number of amides is 1. The zero-order valence-electron chi connectivity index (χ0n) is 18.2. The molecule has 7 heteroatoms. The van der Waals surface area contributed by atoms with Crippen LogP contribution in [0.2, 0.25) is 0 Å². The minimum atomic E-state index is -2.28. The van der Waals surface area contributed by atoms with Crippen molar-refractivity contribution in [2.24, 2.45) is 5.92 Å². The van der Waals surface area contributed by atoms with Crippen LogP contribution in [0.1, 0.15) is 25.0 Å². The number of ether oxygens (including phenoxy) is 2. The van der Waals surface area contributed by atoms with Crippen molar-refractivity contribution in [3.8, 4) is 0 Å². The van der Waals surface area contributed by atoms with Crippen LogP contribution >= 0.6 is 0 Å². The van der Waals surface area contributed by atoms with Gasteiger partial charge < -0.3 is 25.0 Å². The number of carbonyl (C=O) groups excluding carboxylic acids is 1. The summed E-state index contributed by atoms with van der Waals surface area (Å²) in [5.74, 6) is -6.30. The van der Waals surface area contributed by atoms with E-state index in [-0.39, 0.29) is 5.56 Å². The molecule has 1 amide bonds. The third-order valence-corrected chi connectivity index (χ3v) is 6.60. The van der Waals surface area contributed by atoms with Crippen LogP contribution < -0.4 is 5.32 Å². The standard InChI is InChI=1S/C26H24FNO5/c1-17(2)25(30)24(22(29)28-21-11-7-4-8-12-21)23(32-24,18-9-5-3-6-10-18)26(31,33-25)19-13-15-20(27)16-14-19/h3-17,30-31H,1-2H3,(H,28,29)/t23-,24-,25-,26-/m1/s1. The quantitative estimate of drug-likeness (QED) is 0.518. The smallest absolute Gasteiger partial charge is 0.266 e. The molecule has 0 radical (unpaired) electrons. The van der Waals surface area contributed by atoms with E-state index in [0.29, 0.717) is 11.3 Å². The predicted molar refractivity (Wildman–Crippen MR) is 118 cm³/mol. The Morgan fingerprint density at radius 2 is 1.42 bits per heavy atom. The van der Waals surface area contributed by atoms with Gasteiger partial charge in [-0.3, -0.25) is 4.79 Å². The number of benzene rings is 3. The molecule has 3 aromatic carbocycles. The van der Waals surface area contributed by atoms with E-state index in [2.05, 4.69) is 5.32 Å². The number of nitrogens with one attached hydrogen (secondary N) is 1. The lowest BCUT2D eigenvalue weighted by atomic mass is 9.74. The fraction of sp³-hybridized carbons (Fsp3) is 0.269. The summed E-state index contributed by atoms with van der Waals surface area (Å²) in [6, 6.07) is 22.5. The number of aliphatic hydroxyl groups is 2. The molecule has 2 aliphatic rings.